The van der Waals surface area contributed by atoms with Gasteiger partial charge in [0, 0.05) is 22.5 Å². The van der Waals surface area contributed by atoms with E-state index in [1.54, 1.807) is 11.0 Å². The lowest BCUT2D eigenvalue weighted by Crippen LogP contribution is -2.48. The van der Waals surface area contributed by atoms with E-state index < -0.39 is 5.63 Å². The third-order valence-corrected chi connectivity index (χ3v) is 4.91. The summed E-state index contributed by atoms with van der Waals surface area (Å²) in [6.07, 6.45) is 2.96. The summed E-state index contributed by atoms with van der Waals surface area (Å²) in [5, 5.41) is 1.22. The molecule has 1 fully saturated rings. The summed E-state index contributed by atoms with van der Waals surface area (Å²) in [5.41, 5.74) is -0.398. The van der Waals surface area contributed by atoms with E-state index in [2.05, 4.69) is 0 Å². The van der Waals surface area contributed by atoms with Crippen molar-refractivity contribution >= 4 is 40.1 Å². The summed E-state index contributed by atoms with van der Waals surface area (Å²) >= 11 is 12.0. The van der Waals surface area contributed by atoms with E-state index >= 15 is 0 Å². The fourth-order valence-corrected chi connectivity index (χ4v) is 3.81. The second kappa shape index (κ2) is 6.17. The SMILES string of the molecule is C[C@@H]1CCC[C@H](C)N1C(=O)c1cc2cc(Cl)cc(Cl)c2oc1=O. The molecule has 0 unspecified atom stereocenters. The Kier molecular flexibility index (Phi) is 4.39. The summed E-state index contributed by atoms with van der Waals surface area (Å²) in [6, 6.07) is 4.86. The highest BCUT2D eigenvalue weighted by atomic mass is 35.5. The minimum absolute atomic E-state index is 0.0245. The number of carbonyl (C=O) groups is 1. The number of amides is 1. The van der Waals surface area contributed by atoms with Crippen molar-refractivity contribution in [2.75, 3.05) is 0 Å². The summed E-state index contributed by atoms with van der Waals surface area (Å²) < 4.78 is 5.27. The fraction of sp³-hybridized carbons (Fsp3) is 0.412. The monoisotopic (exact) mass is 353 g/mol. The van der Waals surface area contributed by atoms with E-state index in [-0.39, 0.29) is 34.2 Å². The zero-order valence-corrected chi connectivity index (χ0v) is 14.4. The lowest BCUT2D eigenvalue weighted by Gasteiger charge is -2.38. The maximum Gasteiger partial charge on any atom is 0.349 e. The minimum atomic E-state index is -0.670. The first kappa shape index (κ1) is 16.3. The first-order chi connectivity index (χ1) is 10.9. The Morgan fingerprint density at radius 3 is 2.48 bits per heavy atom. The highest BCUT2D eigenvalue weighted by molar-refractivity contribution is 6.38. The van der Waals surface area contributed by atoms with E-state index in [1.165, 1.54) is 12.1 Å². The van der Waals surface area contributed by atoms with E-state index in [4.69, 9.17) is 27.6 Å². The number of hydrogen-bond donors (Lipinski definition) is 0. The molecule has 1 aliphatic heterocycles. The number of halogens is 2. The molecule has 3 rings (SSSR count). The molecule has 2 aromatic rings. The van der Waals surface area contributed by atoms with Crippen molar-refractivity contribution in [2.24, 2.45) is 0 Å². The Morgan fingerprint density at radius 2 is 1.83 bits per heavy atom. The molecule has 1 aromatic heterocycles. The lowest BCUT2D eigenvalue weighted by molar-refractivity contribution is 0.0506. The zero-order valence-electron chi connectivity index (χ0n) is 12.9. The number of likely N-dealkylation sites (tertiary alicyclic amines) is 1. The number of fused-ring (bicyclic) bond motifs is 1. The van der Waals surface area contributed by atoms with Crippen molar-refractivity contribution in [1.82, 2.24) is 4.90 Å². The normalized spacial score (nSPS) is 21.7. The van der Waals surface area contributed by atoms with Crippen LogP contribution in [0.3, 0.4) is 0 Å². The van der Waals surface area contributed by atoms with Crippen molar-refractivity contribution in [3.63, 3.8) is 0 Å². The summed E-state index contributed by atoms with van der Waals surface area (Å²) in [4.78, 5) is 26.9. The molecule has 0 saturated carbocycles. The minimum Gasteiger partial charge on any atom is -0.421 e. The van der Waals surface area contributed by atoms with Gasteiger partial charge >= 0.3 is 5.63 Å². The van der Waals surface area contributed by atoms with Crippen LogP contribution >= 0.6 is 23.2 Å². The zero-order chi connectivity index (χ0) is 16.7. The van der Waals surface area contributed by atoms with Crippen LogP contribution in [-0.2, 0) is 0 Å². The molecule has 0 N–H and O–H groups in total. The van der Waals surface area contributed by atoms with Crippen molar-refractivity contribution in [3.8, 4) is 0 Å². The van der Waals surface area contributed by atoms with Gasteiger partial charge in [0.25, 0.3) is 5.91 Å². The van der Waals surface area contributed by atoms with Crippen LogP contribution in [0.5, 0.6) is 0 Å². The smallest absolute Gasteiger partial charge is 0.349 e. The average molecular weight is 354 g/mol. The van der Waals surface area contributed by atoms with Crippen LogP contribution in [0.2, 0.25) is 10.0 Å². The Labute approximate surface area is 144 Å². The summed E-state index contributed by atoms with van der Waals surface area (Å²) in [5.74, 6) is -0.295. The maximum atomic E-state index is 12.9. The molecule has 0 aliphatic carbocycles. The van der Waals surface area contributed by atoms with Crippen LogP contribution in [0.1, 0.15) is 43.5 Å². The van der Waals surface area contributed by atoms with Gasteiger partial charge < -0.3 is 9.32 Å². The Morgan fingerprint density at radius 1 is 1.17 bits per heavy atom. The molecule has 122 valence electrons. The number of nitrogens with zero attached hydrogens (tertiary/aromatic N) is 1. The van der Waals surface area contributed by atoms with Gasteiger partial charge in [0.05, 0.1) is 5.02 Å². The molecule has 6 heteroatoms. The molecule has 0 radical (unpaired) electrons. The van der Waals surface area contributed by atoms with Gasteiger partial charge in [0.15, 0.2) is 5.58 Å². The number of hydrogen-bond acceptors (Lipinski definition) is 3. The predicted octanol–water partition coefficient (Wildman–Crippen LogP) is 4.50. The number of carbonyl (C=O) groups excluding carboxylic acids is 1. The molecule has 0 bridgehead atoms. The molecule has 1 aliphatic rings. The summed E-state index contributed by atoms with van der Waals surface area (Å²) in [7, 11) is 0. The second-order valence-electron chi connectivity index (χ2n) is 6.09. The van der Waals surface area contributed by atoms with Crippen LogP contribution in [0.4, 0.5) is 0 Å². The molecule has 1 saturated heterocycles. The van der Waals surface area contributed by atoms with Crippen LogP contribution in [0.25, 0.3) is 11.0 Å². The van der Waals surface area contributed by atoms with Crippen molar-refractivity contribution in [1.29, 1.82) is 0 Å². The quantitative estimate of drug-likeness (QED) is 0.709. The molecular weight excluding hydrogens is 337 g/mol. The van der Waals surface area contributed by atoms with Crippen LogP contribution in [0.15, 0.2) is 27.4 Å². The topological polar surface area (TPSA) is 50.5 Å². The van der Waals surface area contributed by atoms with Gasteiger partial charge in [-0.1, -0.05) is 23.2 Å². The number of benzene rings is 1. The molecule has 1 amide bonds. The summed E-state index contributed by atoms with van der Waals surface area (Å²) in [6.45, 7) is 4.01. The standard InChI is InChI=1S/C17H17Cl2NO3/c1-9-4-3-5-10(2)20(9)16(21)13-7-11-6-12(18)8-14(19)15(11)23-17(13)22/h6-10H,3-5H2,1-2H3/t9-,10+. The highest BCUT2D eigenvalue weighted by Gasteiger charge is 2.31. The molecule has 2 atom stereocenters. The first-order valence-electron chi connectivity index (χ1n) is 7.64. The van der Waals surface area contributed by atoms with Crippen LogP contribution in [0, 0.1) is 0 Å². The molecule has 1 aromatic carbocycles. The maximum absolute atomic E-state index is 12.9. The Bertz CT molecular complexity index is 820. The van der Waals surface area contributed by atoms with Gasteiger partial charge in [0.1, 0.15) is 5.56 Å². The van der Waals surface area contributed by atoms with Gasteiger partial charge in [-0.05, 0) is 51.3 Å². The van der Waals surface area contributed by atoms with Crippen molar-refractivity contribution in [2.45, 2.75) is 45.2 Å². The van der Waals surface area contributed by atoms with E-state index in [0.717, 1.165) is 19.3 Å². The molecular formula is C17H17Cl2NO3. The second-order valence-corrected chi connectivity index (χ2v) is 6.94. The van der Waals surface area contributed by atoms with E-state index in [9.17, 15) is 9.59 Å². The first-order valence-corrected chi connectivity index (χ1v) is 8.39. The lowest BCUT2D eigenvalue weighted by atomic mass is 9.96. The Hall–Kier alpha value is -1.52. The molecule has 2 heterocycles. The van der Waals surface area contributed by atoms with Gasteiger partial charge in [-0.2, -0.15) is 0 Å². The van der Waals surface area contributed by atoms with Crippen molar-refractivity contribution in [3.05, 3.63) is 44.2 Å². The van der Waals surface area contributed by atoms with Gasteiger partial charge in [0.2, 0.25) is 0 Å². The third kappa shape index (κ3) is 2.98. The molecule has 4 nitrogen and oxygen atoms in total. The van der Waals surface area contributed by atoms with E-state index in [1.807, 2.05) is 13.8 Å². The molecule has 0 spiro atoms. The average Bonchev–Trinajstić information content (AvgIpc) is 2.47. The number of piperidine rings is 1. The van der Waals surface area contributed by atoms with Gasteiger partial charge in [-0.25, -0.2) is 4.79 Å². The van der Waals surface area contributed by atoms with Crippen molar-refractivity contribution < 1.29 is 9.21 Å². The fourth-order valence-electron chi connectivity index (χ4n) is 3.27. The number of rotatable bonds is 1. The molecule has 23 heavy (non-hydrogen) atoms. The highest BCUT2D eigenvalue weighted by Crippen LogP contribution is 2.29. The van der Waals surface area contributed by atoms with Gasteiger partial charge in [-0.15, -0.1) is 0 Å². The largest absolute Gasteiger partial charge is 0.421 e. The third-order valence-electron chi connectivity index (χ3n) is 4.41. The van der Waals surface area contributed by atoms with Crippen LogP contribution < -0.4 is 5.63 Å². The Balaban J connectivity index is 2.10. The van der Waals surface area contributed by atoms with Gasteiger partial charge in [-0.3, -0.25) is 4.79 Å². The van der Waals surface area contributed by atoms with Crippen LogP contribution in [-0.4, -0.2) is 22.9 Å². The predicted molar refractivity (Wildman–Crippen MR) is 91.4 cm³/mol. The van der Waals surface area contributed by atoms with E-state index in [0.29, 0.717) is 10.4 Å².